The normalized spacial score (nSPS) is 11.9. The van der Waals surface area contributed by atoms with Crippen LogP contribution in [-0.2, 0) is 0 Å². The zero-order valence-corrected chi connectivity index (χ0v) is 45.2. The summed E-state index contributed by atoms with van der Waals surface area (Å²) in [4.78, 5) is 0. The van der Waals surface area contributed by atoms with Crippen LogP contribution in [0.4, 0.5) is 0 Å². The number of hydrogen-bond donors (Lipinski definition) is 0. The predicted molar refractivity (Wildman–Crippen MR) is 350 cm³/mol. The minimum atomic E-state index is 1.14. The van der Waals surface area contributed by atoms with Gasteiger partial charge in [-0.05, 0) is 115 Å². The van der Waals surface area contributed by atoms with Crippen molar-refractivity contribution in [1.29, 1.82) is 0 Å². The van der Waals surface area contributed by atoms with Crippen LogP contribution in [0.2, 0.25) is 0 Å². The molecule has 0 aliphatic rings. The summed E-state index contributed by atoms with van der Waals surface area (Å²) in [6.07, 6.45) is 0. The van der Waals surface area contributed by atoms with Gasteiger partial charge in [-0.15, -0.1) is 0 Å². The van der Waals surface area contributed by atoms with Crippen LogP contribution >= 0.6 is 0 Å². The minimum Gasteiger partial charge on any atom is -0.309 e. The van der Waals surface area contributed by atoms with Crippen molar-refractivity contribution >= 4 is 109 Å². The van der Waals surface area contributed by atoms with E-state index in [1.807, 2.05) is 0 Å². The number of para-hydroxylation sites is 9. The monoisotopic (exact) mass is 1060 g/mol. The highest BCUT2D eigenvalue weighted by Crippen LogP contribution is 2.41. The molecule has 0 radical (unpaired) electrons. The van der Waals surface area contributed by atoms with Gasteiger partial charge in [0.05, 0.1) is 60.9 Å². The Morgan fingerprint density at radius 3 is 0.795 bits per heavy atom. The first kappa shape index (κ1) is 46.7. The predicted octanol–water partition coefficient (Wildman–Crippen LogP) is 20.5. The summed E-state index contributed by atoms with van der Waals surface area (Å²) in [6.45, 7) is 0. The van der Waals surface area contributed by atoms with Gasteiger partial charge < -0.3 is 22.8 Å². The molecular formula is C78H51N5. The van der Waals surface area contributed by atoms with E-state index in [4.69, 9.17) is 0 Å². The standard InChI is InChI=1S/C42H27N3.C36H24N2/c1-6-19-37-31(14-1)32-15-2-7-20-38(32)43(37)28-12-11-13-29(26-28)44-41-23-10-5-18-35(41)36-27-30(24-25-42(36)44)45-39-21-8-3-16-33(39)34-17-4-9-22-40(34)45;1-2-12-25(13-3-1)27-14-4-8-18-32(27)38-35-21-11-7-17-30(35)31-24-26(22-23-36(31)38)37-33-19-9-5-15-28(33)29-16-6-10-20-34(29)37/h1-27H;1-24H. The van der Waals surface area contributed by atoms with Crippen molar-refractivity contribution < 1.29 is 0 Å². The Balaban J connectivity index is 0.000000133. The smallest absolute Gasteiger partial charge is 0.0542 e. The Labute approximate surface area is 478 Å². The quantitative estimate of drug-likeness (QED) is 0.159. The van der Waals surface area contributed by atoms with E-state index < -0.39 is 0 Å². The van der Waals surface area contributed by atoms with Crippen molar-refractivity contribution in [1.82, 2.24) is 22.8 Å². The molecule has 5 nitrogen and oxygen atoms in total. The van der Waals surface area contributed by atoms with Gasteiger partial charge >= 0.3 is 0 Å². The molecule has 0 amide bonds. The number of rotatable bonds is 6. The lowest BCUT2D eigenvalue weighted by molar-refractivity contribution is 1.13. The maximum Gasteiger partial charge on any atom is 0.0542 e. The van der Waals surface area contributed by atoms with Crippen LogP contribution in [0, 0.1) is 0 Å². The van der Waals surface area contributed by atoms with Gasteiger partial charge in [-0.25, -0.2) is 0 Å². The lowest BCUT2D eigenvalue weighted by Gasteiger charge is -2.14. The van der Waals surface area contributed by atoms with Crippen LogP contribution in [0.15, 0.2) is 309 Å². The van der Waals surface area contributed by atoms with E-state index in [-0.39, 0.29) is 0 Å². The van der Waals surface area contributed by atoms with E-state index in [0.29, 0.717) is 0 Å². The topological polar surface area (TPSA) is 24.6 Å². The van der Waals surface area contributed by atoms with Crippen molar-refractivity contribution in [3.05, 3.63) is 309 Å². The first-order valence-corrected chi connectivity index (χ1v) is 28.5. The molecule has 5 heterocycles. The molecular weight excluding hydrogens is 1010 g/mol. The molecule has 0 bridgehead atoms. The Morgan fingerprint density at radius 1 is 0.157 bits per heavy atom. The highest BCUT2D eigenvalue weighted by Gasteiger charge is 2.21. The molecule has 0 fully saturated rings. The fourth-order valence-electron chi connectivity index (χ4n) is 13.6. The molecule has 0 aliphatic heterocycles. The third-order valence-corrected chi connectivity index (χ3v) is 17.1. The molecule has 18 rings (SSSR count). The average Bonchev–Trinajstić information content (AvgIpc) is 4.32. The van der Waals surface area contributed by atoms with Crippen molar-refractivity contribution in [2.45, 2.75) is 0 Å². The zero-order valence-electron chi connectivity index (χ0n) is 45.2. The summed E-state index contributed by atoms with van der Waals surface area (Å²) in [5.74, 6) is 0. The van der Waals surface area contributed by atoms with Gasteiger partial charge in [-0.3, -0.25) is 0 Å². The first-order chi connectivity index (χ1) is 41.2. The summed E-state index contributed by atoms with van der Waals surface area (Å²) >= 11 is 0. The number of benzene rings is 13. The maximum absolute atomic E-state index is 2.42. The molecule has 5 heteroatoms. The van der Waals surface area contributed by atoms with Gasteiger partial charge in [0.2, 0.25) is 0 Å². The van der Waals surface area contributed by atoms with Crippen LogP contribution in [0.1, 0.15) is 0 Å². The van der Waals surface area contributed by atoms with Crippen LogP contribution < -0.4 is 0 Å². The van der Waals surface area contributed by atoms with Gasteiger partial charge in [-0.2, -0.15) is 0 Å². The van der Waals surface area contributed by atoms with E-state index in [9.17, 15) is 0 Å². The zero-order chi connectivity index (χ0) is 54.5. The van der Waals surface area contributed by atoms with E-state index in [1.54, 1.807) is 0 Å². The third kappa shape index (κ3) is 7.21. The lowest BCUT2D eigenvalue weighted by atomic mass is 10.0. The summed E-state index contributed by atoms with van der Waals surface area (Å²) < 4.78 is 12.0. The molecule has 13 aromatic carbocycles. The van der Waals surface area contributed by atoms with Crippen LogP contribution in [0.3, 0.4) is 0 Å². The van der Waals surface area contributed by atoms with Gasteiger partial charge in [-0.1, -0.05) is 200 Å². The molecule has 0 N–H and O–H groups in total. The second kappa shape index (κ2) is 18.7. The molecule has 0 spiro atoms. The Hall–Kier alpha value is -11.1. The van der Waals surface area contributed by atoms with Gasteiger partial charge in [0.15, 0.2) is 0 Å². The van der Waals surface area contributed by atoms with E-state index >= 15 is 0 Å². The van der Waals surface area contributed by atoms with Crippen LogP contribution in [-0.4, -0.2) is 22.8 Å². The number of aromatic nitrogens is 5. The SMILES string of the molecule is c1cc(-n2c3ccccc3c3ccccc32)cc(-n2c3ccccc3c3cc(-n4c5ccccc5c5ccccc54)ccc32)c1.c1ccc(-c2ccccc2-n2c3ccccc3c3cc(-n4c5ccccc5c5ccccc54)ccc32)cc1. The number of nitrogens with zero attached hydrogens (tertiary/aromatic N) is 5. The van der Waals surface area contributed by atoms with Gasteiger partial charge in [0.1, 0.15) is 0 Å². The van der Waals surface area contributed by atoms with E-state index in [1.165, 1.54) is 137 Å². The highest BCUT2D eigenvalue weighted by molar-refractivity contribution is 6.15. The van der Waals surface area contributed by atoms with Gasteiger partial charge in [0, 0.05) is 82.2 Å². The first-order valence-electron chi connectivity index (χ1n) is 28.5. The van der Waals surface area contributed by atoms with Crippen molar-refractivity contribution in [3.8, 4) is 39.6 Å². The molecule has 0 saturated carbocycles. The van der Waals surface area contributed by atoms with Crippen molar-refractivity contribution in [3.63, 3.8) is 0 Å². The fourth-order valence-corrected chi connectivity index (χ4v) is 13.6. The summed E-state index contributed by atoms with van der Waals surface area (Å²) in [7, 11) is 0. The Morgan fingerprint density at radius 2 is 0.422 bits per heavy atom. The van der Waals surface area contributed by atoms with Crippen LogP contribution in [0.5, 0.6) is 0 Å². The molecule has 18 aromatic rings. The second-order valence-corrected chi connectivity index (χ2v) is 21.6. The molecule has 0 atom stereocenters. The molecule has 0 aliphatic carbocycles. The number of fused-ring (bicyclic) bond motifs is 15. The van der Waals surface area contributed by atoms with Gasteiger partial charge in [0.25, 0.3) is 0 Å². The molecule has 5 aromatic heterocycles. The number of hydrogen-bond acceptors (Lipinski definition) is 0. The summed E-state index contributed by atoms with van der Waals surface area (Å²) in [5, 5.41) is 12.7. The Kier molecular flexibility index (Phi) is 10.6. The third-order valence-electron chi connectivity index (χ3n) is 17.1. The fraction of sp³-hybridized carbons (Fsp3) is 0. The highest BCUT2D eigenvalue weighted by atomic mass is 15.0. The largest absolute Gasteiger partial charge is 0.309 e. The molecule has 83 heavy (non-hydrogen) atoms. The molecule has 0 saturated heterocycles. The second-order valence-electron chi connectivity index (χ2n) is 21.6. The summed E-state index contributed by atoms with van der Waals surface area (Å²) in [6, 6.07) is 112. The molecule has 388 valence electrons. The van der Waals surface area contributed by atoms with E-state index in [2.05, 4.69) is 332 Å². The maximum atomic E-state index is 2.42. The Bertz CT molecular complexity index is 5430. The van der Waals surface area contributed by atoms with E-state index in [0.717, 1.165) is 11.4 Å². The van der Waals surface area contributed by atoms with Crippen LogP contribution in [0.25, 0.3) is 149 Å². The summed E-state index contributed by atoms with van der Waals surface area (Å²) in [5.41, 5.74) is 20.4. The van der Waals surface area contributed by atoms with Crippen molar-refractivity contribution in [2.75, 3.05) is 0 Å². The average molecular weight is 1060 g/mol. The minimum absolute atomic E-state index is 1.14. The lowest BCUT2D eigenvalue weighted by Crippen LogP contribution is -1.99. The van der Waals surface area contributed by atoms with Crippen molar-refractivity contribution in [2.24, 2.45) is 0 Å². The molecule has 0 unspecified atom stereocenters.